The van der Waals surface area contributed by atoms with Crippen LogP contribution in [-0.2, 0) is 0 Å². The third-order valence-electron chi connectivity index (χ3n) is 3.36. The molecule has 116 valence electrons. The number of rotatable bonds is 4. The molecule has 2 aromatic heterocycles. The molecule has 2 heterocycles. The Kier molecular flexibility index (Phi) is 3.50. The predicted molar refractivity (Wildman–Crippen MR) is 87.9 cm³/mol. The maximum Gasteiger partial charge on any atom is 0.335 e. The Morgan fingerprint density at radius 2 is 2.17 bits per heavy atom. The standard InChI is InChI=1S/C17H14N2O4/c1-3-5-10-12(4-2)22-15(14(10)18)16-19-11-7-6-9(17(20)21)8-13(11)23-16/h3-8H,2,18H2,1H3,(H,20,21)/b5-3-. The van der Waals surface area contributed by atoms with Crippen molar-refractivity contribution in [3.05, 3.63) is 47.7 Å². The first-order chi connectivity index (χ1) is 11.0. The van der Waals surface area contributed by atoms with E-state index in [2.05, 4.69) is 11.6 Å². The molecule has 0 radical (unpaired) electrons. The third kappa shape index (κ3) is 2.40. The minimum atomic E-state index is -1.04. The quantitative estimate of drug-likeness (QED) is 0.753. The van der Waals surface area contributed by atoms with Gasteiger partial charge in [-0.1, -0.05) is 18.7 Å². The largest absolute Gasteiger partial charge is 0.478 e. The number of furan rings is 1. The highest BCUT2D eigenvalue weighted by molar-refractivity contribution is 5.92. The van der Waals surface area contributed by atoms with Crippen molar-refractivity contribution in [1.82, 2.24) is 4.98 Å². The lowest BCUT2D eigenvalue weighted by Gasteiger charge is -1.92. The van der Waals surface area contributed by atoms with Gasteiger partial charge in [-0.2, -0.15) is 0 Å². The first kappa shape index (κ1) is 14.6. The molecule has 0 spiro atoms. The Labute approximate surface area is 131 Å². The number of hydrogen-bond donors (Lipinski definition) is 2. The highest BCUT2D eigenvalue weighted by atomic mass is 16.4. The van der Waals surface area contributed by atoms with Crippen LogP contribution in [0.4, 0.5) is 5.69 Å². The number of aromatic carboxylic acids is 1. The summed E-state index contributed by atoms with van der Waals surface area (Å²) in [6.45, 7) is 5.56. The molecule has 3 N–H and O–H groups in total. The van der Waals surface area contributed by atoms with Gasteiger partial charge in [0.1, 0.15) is 11.3 Å². The average Bonchev–Trinajstić information content (AvgIpc) is 3.08. The number of nitrogens with zero attached hydrogens (tertiary/aromatic N) is 1. The Balaban J connectivity index is 2.17. The smallest absolute Gasteiger partial charge is 0.335 e. The summed E-state index contributed by atoms with van der Waals surface area (Å²) in [6.07, 6.45) is 5.20. The van der Waals surface area contributed by atoms with E-state index in [-0.39, 0.29) is 11.5 Å². The molecule has 0 amide bonds. The summed E-state index contributed by atoms with van der Waals surface area (Å²) in [7, 11) is 0. The third-order valence-corrected chi connectivity index (χ3v) is 3.36. The molecule has 0 aliphatic heterocycles. The van der Waals surface area contributed by atoms with E-state index >= 15 is 0 Å². The fraction of sp³-hybridized carbons (Fsp3) is 0.0588. The molecule has 0 fully saturated rings. The number of nitrogens with two attached hydrogens (primary N) is 1. The van der Waals surface area contributed by atoms with Crippen LogP contribution in [0.2, 0.25) is 0 Å². The van der Waals surface area contributed by atoms with Gasteiger partial charge in [0.2, 0.25) is 5.76 Å². The molecule has 23 heavy (non-hydrogen) atoms. The lowest BCUT2D eigenvalue weighted by atomic mass is 10.2. The van der Waals surface area contributed by atoms with Crippen molar-refractivity contribution in [1.29, 1.82) is 0 Å². The van der Waals surface area contributed by atoms with Crippen LogP contribution in [0, 0.1) is 0 Å². The fourth-order valence-electron chi connectivity index (χ4n) is 2.28. The number of carbonyl (C=O) groups is 1. The molecule has 0 saturated carbocycles. The molecule has 3 rings (SSSR count). The SMILES string of the molecule is C=Cc1oc(-c2nc3ccc(C(=O)O)cc3o2)c(N)c1/C=C\C. The zero-order valence-corrected chi connectivity index (χ0v) is 12.4. The molecule has 0 aliphatic carbocycles. The second-order valence-electron chi connectivity index (χ2n) is 4.83. The zero-order chi connectivity index (χ0) is 16.6. The number of fused-ring (bicyclic) bond motifs is 1. The fourth-order valence-corrected chi connectivity index (χ4v) is 2.28. The van der Waals surface area contributed by atoms with Crippen LogP contribution in [0.5, 0.6) is 0 Å². The van der Waals surface area contributed by atoms with Gasteiger partial charge in [0.25, 0.3) is 5.89 Å². The van der Waals surface area contributed by atoms with E-state index in [9.17, 15) is 4.79 Å². The van der Waals surface area contributed by atoms with E-state index in [1.807, 2.05) is 19.1 Å². The van der Waals surface area contributed by atoms with Crippen LogP contribution in [0.25, 0.3) is 34.9 Å². The van der Waals surface area contributed by atoms with Crippen molar-refractivity contribution in [2.24, 2.45) is 0 Å². The summed E-state index contributed by atoms with van der Waals surface area (Å²) in [4.78, 5) is 15.3. The monoisotopic (exact) mass is 310 g/mol. The number of nitrogen functional groups attached to an aromatic ring is 1. The Bertz CT molecular complexity index is 947. The number of carboxylic acid groups (broad SMARTS) is 1. The molecule has 0 saturated heterocycles. The number of oxazole rings is 1. The molecule has 1 aromatic carbocycles. The van der Waals surface area contributed by atoms with Crippen molar-refractivity contribution >= 4 is 34.9 Å². The van der Waals surface area contributed by atoms with E-state index < -0.39 is 5.97 Å². The van der Waals surface area contributed by atoms with Crippen LogP contribution in [0.3, 0.4) is 0 Å². The zero-order valence-electron chi connectivity index (χ0n) is 12.4. The summed E-state index contributed by atoms with van der Waals surface area (Å²) in [5, 5.41) is 9.02. The molecule has 6 nitrogen and oxygen atoms in total. The van der Waals surface area contributed by atoms with Crippen LogP contribution < -0.4 is 5.73 Å². The molecule has 0 aliphatic rings. The van der Waals surface area contributed by atoms with Gasteiger partial charge in [-0.3, -0.25) is 0 Å². The first-order valence-electron chi connectivity index (χ1n) is 6.86. The molecular weight excluding hydrogens is 296 g/mol. The van der Waals surface area contributed by atoms with Gasteiger partial charge in [-0.15, -0.1) is 0 Å². The number of allylic oxidation sites excluding steroid dienone is 1. The first-order valence-corrected chi connectivity index (χ1v) is 6.86. The van der Waals surface area contributed by atoms with Crippen LogP contribution in [0.15, 0.2) is 39.7 Å². The lowest BCUT2D eigenvalue weighted by molar-refractivity contribution is 0.0697. The van der Waals surface area contributed by atoms with Gasteiger partial charge in [0.15, 0.2) is 5.58 Å². The highest BCUT2D eigenvalue weighted by Crippen LogP contribution is 2.36. The Morgan fingerprint density at radius 3 is 2.83 bits per heavy atom. The van der Waals surface area contributed by atoms with Crippen molar-refractivity contribution in [2.45, 2.75) is 6.92 Å². The summed E-state index contributed by atoms with van der Waals surface area (Å²) in [5.41, 5.74) is 8.19. The summed E-state index contributed by atoms with van der Waals surface area (Å²) >= 11 is 0. The number of hydrogen-bond acceptors (Lipinski definition) is 5. The van der Waals surface area contributed by atoms with Crippen molar-refractivity contribution < 1.29 is 18.7 Å². The minimum Gasteiger partial charge on any atom is -0.478 e. The molecule has 6 heteroatoms. The average molecular weight is 310 g/mol. The topological polar surface area (TPSA) is 102 Å². The van der Waals surface area contributed by atoms with E-state index in [1.54, 1.807) is 12.1 Å². The second kappa shape index (κ2) is 5.49. The molecule has 0 unspecified atom stereocenters. The maximum atomic E-state index is 11.0. The van der Waals surface area contributed by atoms with Gasteiger partial charge < -0.3 is 19.7 Å². The summed E-state index contributed by atoms with van der Waals surface area (Å²) in [6, 6.07) is 4.45. The van der Waals surface area contributed by atoms with Crippen LogP contribution in [0.1, 0.15) is 28.6 Å². The van der Waals surface area contributed by atoms with Crippen molar-refractivity contribution in [3.63, 3.8) is 0 Å². The maximum absolute atomic E-state index is 11.0. The lowest BCUT2D eigenvalue weighted by Crippen LogP contribution is -1.94. The van der Waals surface area contributed by atoms with Crippen molar-refractivity contribution in [3.8, 4) is 11.7 Å². The molecule has 0 bridgehead atoms. The number of aromatic nitrogens is 1. The normalized spacial score (nSPS) is 11.3. The van der Waals surface area contributed by atoms with E-state index in [1.165, 1.54) is 12.1 Å². The van der Waals surface area contributed by atoms with Gasteiger partial charge >= 0.3 is 5.97 Å². The number of benzene rings is 1. The van der Waals surface area contributed by atoms with Gasteiger partial charge in [-0.05, 0) is 31.2 Å². The van der Waals surface area contributed by atoms with E-state index in [4.69, 9.17) is 19.7 Å². The highest BCUT2D eigenvalue weighted by Gasteiger charge is 2.21. The Hall–Kier alpha value is -3.28. The van der Waals surface area contributed by atoms with E-state index in [0.717, 1.165) is 0 Å². The van der Waals surface area contributed by atoms with Crippen LogP contribution >= 0.6 is 0 Å². The van der Waals surface area contributed by atoms with Gasteiger partial charge in [0.05, 0.1) is 11.3 Å². The minimum absolute atomic E-state index is 0.119. The number of anilines is 1. The molecule has 3 aromatic rings. The second-order valence-corrected chi connectivity index (χ2v) is 4.83. The summed E-state index contributed by atoms with van der Waals surface area (Å²) < 4.78 is 11.3. The molecule has 0 atom stereocenters. The predicted octanol–water partition coefficient (Wildman–Crippen LogP) is 4.04. The van der Waals surface area contributed by atoms with Crippen LogP contribution in [-0.4, -0.2) is 16.1 Å². The molecular formula is C17H14N2O4. The number of carboxylic acids is 1. The van der Waals surface area contributed by atoms with Gasteiger partial charge in [0, 0.05) is 5.56 Å². The summed E-state index contributed by atoms with van der Waals surface area (Å²) in [5.74, 6) is -0.0317. The Morgan fingerprint density at radius 1 is 1.39 bits per heavy atom. The van der Waals surface area contributed by atoms with Crippen molar-refractivity contribution in [2.75, 3.05) is 5.73 Å². The van der Waals surface area contributed by atoms with E-state index in [0.29, 0.717) is 33.9 Å². The van der Waals surface area contributed by atoms with Gasteiger partial charge in [-0.25, -0.2) is 9.78 Å².